The average Bonchev–Trinajstić information content (AvgIpc) is 2.57. The summed E-state index contributed by atoms with van der Waals surface area (Å²) in [6.07, 6.45) is 4.28. The molecule has 0 N–H and O–H groups in total. The van der Waals surface area contributed by atoms with Crippen LogP contribution >= 0.6 is 0 Å². The summed E-state index contributed by atoms with van der Waals surface area (Å²) in [7, 11) is -1.52. The normalized spacial score (nSPS) is 29.1. The number of sulfonamides is 1. The van der Waals surface area contributed by atoms with Gasteiger partial charge in [-0.1, -0.05) is 0 Å². The topological polar surface area (TPSA) is 66.9 Å². The Labute approximate surface area is 121 Å². The Hall–Kier alpha value is -0.660. The second-order valence-electron chi connectivity index (χ2n) is 5.83. The summed E-state index contributed by atoms with van der Waals surface area (Å²) < 4.78 is 29.8. The first kappa shape index (κ1) is 15.7. The van der Waals surface area contributed by atoms with Crippen molar-refractivity contribution in [3.05, 3.63) is 0 Å². The molecule has 0 radical (unpaired) electrons. The number of rotatable bonds is 4. The van der Waals surface area contributed by atoms with Crippen molar-refractivity contribution < 1.29 is 17.9 Å². The van der Waals surface area contributed by atoms with Crippen LogP contribution in [0.5, 0.6) is 0 Å². The van der Waals surface area contributed by atoms with Crippen LogP contribution < -0.4 is 0 Å². The molecule has 0 aliphatic carbocycles. The summed E-state index contributed by atoms with van der Waals surface area (Å²) in [6.45, 7) is 2.94. The van der Waals surface area contributed by atoms with E-state index in [1.54, 1.807) is 7.11 Å². The summed E-state index contributed by atoms with van der Waals surface area (Å²) >= 11 is 0. The van der Waals surface area contributed by atoms with Crippen molar-refractivity contribution in [3.8, 4) is 0 Å². The van der Waals surface area contributed by atoms with Crippen LogP contribution in [-0.4, -0.2) is 69.7 Å². The van der Waals surface area contributed by atoms with Crippen LogP contribution in [0.1, 0.15) is 25.7 Å². The average molecular weight is 304 g/mol. The number of likely N-dealkylation sites (tertiary alicyclic amines) is 1. The zero-order valence-electron chi connectivity index (χ0n) is 12.3. The van der Waals surface area contributed by atoms with Gasteiger partial charge in [0, 0.05) is 33.3 Å². The highest BCUT2D eigenvalue weighted by molar-refractivity contribution is 7.88. The van der Waals surface area contributed by atoms with Gasteiger partial charge in [-0.3, -0.25) is 4.79 Å². The van der Waals surface area contributed by atoms with Crippen LogP contribution in [0.4, 0.5) is 0 Å². The van der Waals surface area contributed by atoms with E-state index in [9.17, 15) is 13.2 Å². The maximum Gasteiger partial charge on any atom is 0.228 e. The number of ether oxygens (including phenoxy) is 1. The van der Waals surface area contributed by atoms with E-state index in [4.69, 9.17) is 4.74 Å². The van der Waals surface area contributed by atoms with Crippen LogP contribution in [0.15, 0.2) is 0 Å². The summed E-state index contributed by atoms with van der Waals surface area (Å²) in [4.78, 5) is 14.5. The van der Waals surface area contributed by atoms with E-state index in [2.05, 4.69) is 0 Å². The lowest BCUT2D eigenvalue weighted by Gasteiger charge is -2.26. The Balaban J connectivity index is 2.04. The molecule has 116 valence electrons. The van der Waals surface area contributed by atoms with Gasteiger partial charge >= 0.3 is 0 Å². The van der Waals surface area contributed by atoms with E-state index < -0.39 is 10.0 Å². The molecular weight excluding hydrogens is 280 g/mol. The van der Waals surface area contributed by atoms with Gasteiger partial charge in [-0.25, -0.2) is 12.7 Å². The quantitative estimate of drug-likeness (QED) is 0.749. The van der Waals surface area contributed by atoms with Crippen LogP contribution in [-0.2, 0) is 19.6 Å². The molecule has 1 atom stereocenters. The summed E-state index contributed by atoms with van der Waals surface area (Å²) in [5.74, 6) is 0.185. The van der Waals surface area contributed by atoms with E-state index in [0.29, 0.717) is 32.7 Å². The Kier molecular flexibility index (Phi) is 4.71. The van der Waals surface area contributed by atoms with Gasteiger partial charge < -0.3 is 9.64 Å². The number of carbonyl (C=O) groups excluding carboxylic acids is 1. The van der Waals surface area contributed by atoms with E-state index in [1.165, 1.54) is 10.6 Å². The number of methoxy groups -OCH3 is 1. The third-order valence-corrected chi connectivity index (χ3v) is 5.84. The molecule has 20 heavy (non-hydrogen) atoms. The second-order valence-corrected chi connectivity index (χ2v) is 7.81. The third-order valence-electron chi connectivity index (χ3n) is 4.54. The second kappa shape index (κ2) is 5.99. The molecule has 0 bridgehead atoms. The van der Waals surface area contributed by atoms with Gasteiger partial charge in [-0.15, -0.1) is 0 Å². The van der Waals surface area contributed by atoms with E-state index in [1.807, 2.05) is 4.90 Å². The molecule has 0 unspecified atom stereocenters. The zero-order chi connectivity index (χ0) is 14.8. The van der Waals surface area contributed by atoms with Crippen LogP contribution in [0.3, 0.4) is 0 Å². The maximum atomic E-state index is 12.6. The highest BCUT2D eigenvalue weighted by Gasteiger charge is 2.47. The lowest BCUT2D eigenvalue weighted by molar-refractivity contribution is -0.137. The maximum absolute atomic E-state index is 12.6. The molecule has 1 spiro atoms. The fourth-order valence-corrected chi connectivity index (χ4v) is 4.16. The van der Waals surface area contributed by atoms with Crippen LogP contribution in [0.25, 0.3) is 0 Å². The summed E-state index contributed by atoms with van der Waals surface area (Å²) in [5.41, 5.74) is -0.340. The summed E-state index contributed by atoms with van der Waals surface area (Å²) in [6, 6.07) is 0. The molecule has 2 aliphatic heterocycles. The number of hydrogen-bond donors (Lipinski definition) is 0. The highest BCUT2D eigenvalue weighted by Crippen LogP contribution is 2.41. The SMILES string of the molecule is COCCN1CC[C@]2(CCCN(S(C)(=O)=O)CC2)C1=O. The van der Waals surface area contributed by atoms with Crippen molar-refractivity contribution in [1.29, 1.82) is 0 Å². The number of amides is 1. The first-order chi connectivity index (χ1) is 9.39. The fourth-order valence-electron chi connectivity index (χ4n) is 3.27. The van der Waals surface area contributed by atoms with Gasteiger partial charge in [0.15, 0.2) is 0 Å². The van der Waals surface area contributed by atoms with Crippen molar-refractivity contribution >= 4 is 15.9 Å². The van der Waals surface area contributed by atoms with Crippen molar-refractivity contribution in [1.82, 2.24) is 9.21 Å². The van der Waals surface area contributed by atoms with Crippen molar-refractivity contribution in [2.45, 2.75) is 25.7 Å². The number of nitrogens with zero attached hydrogens (tertiary/aromatic N) is 2. The van der Waals surface area contributed by atoms with E-state index >= 15 is 0 Å². The molecule has 0 aromatic rings. The Morgan fingerprint density at radius 1 is 1.20 bits per heavy atom. The summed E-state index contributed by atoms with van der Waals surface area (Å²) in [5, 5.41) is 0. The van der Waals surface area contributed by atoms with Crippen LogP contribution in [0.2, 0.25) is 0 Å². The van der Waals surface area contributed by atoms with Gasteiger partial charge in [0.25, 0.3) is 0 Å². The molecule has 2 fully saturated rings. The molecule has 7 heteroatoms. The fraction of sp³-hybridized carbons (Fsp3) is 0.923. The molecule has 2 heterocycles. The predicted octanol–water partition coefficient (Wildman–Crippen LogP) is 0.297. The minimum Gasteiger partial charge on any atom is -0.383 e. The minimum atomic E-state index is -3.15. The Bertz CT molecular complexity index is 465. The van der Waals surface area contributed by atoms with E-state index in [-0.39, 0.29) is 11.3 Å². The molecule has 0 aromatic carbocycles. The molecule has 6 nitrogen and oxygen atoms in total. The minimum absolute atomic E-state index is 0.185. The first-order valence-corrected chi connectivity index (χ1v) is 8.97. The molecule has 1 amide bonds. The molecule has 2 rings (SSSR count). The van der Waals surface area contributed by atoms with Gasteiger partial charge in [0.05, 0.1) is 18.3 Å². The standard InChI is InChI=1S/C13H24N2O4S/c1-19-11-10-14-8-5-13(12(14)16)4-3-7-15(9-6-13)20(2,17)18/h3-11H2,1-2H3/t13-/m0/s1. The predicted molar refractivity (Wildman–Crippen MR) is 75.8 cm³/mol. The molecule has 0 aromatic heterocycles. The largest absolute Gasteiger partial charge is 0.383 e. The monoisotopic (exact) mass is 304 g/mol. The van der Waals surface area contributed by atoms with Gasteiger partial charge in [-0.05, 0) is 25.7 Å². The van der Waals surface area contributed by atoms with Crippen molar-refractivity contribution in [3.63, 3.8) is 0 Å². The first-order valence-electron chi connectivity index (χ1n) is 7.12. The molecule has 2 aliphatic rings. The van der Waals surface area contributed by atoms with Crippen LogP contribution in [0, 0.1) is 5.41 Å². The number of hydrogen-bond acceptors (Lipinski definition) is 4. The molecule has 0 saturated carbocycles. The molecule has 2 saturated heterocycles. The smallest absolute Gasteiger partial charge is 0.228 e. The van der Waals surface area contributed by atoms with Crippen molar-refractivity contribution in [2.24, 2.45) is 5.41 Å². The lowest BCUT2D eigenvalue weighted by Crippen LogP contribution is -2.37. The highest BCUT2D eigenvalue weighted by atomic mass is 32.2. The molecular formula is C13H24N2O4S. The third kappa shape index (κ3) is 3.15. The zero-order valence-corrected chi connectivity index (χ0v) is 13.1. The Morgan fingerprint density at radius 3 is 2.55 bits per heavy atom. The van der Waals surface area contributed by atoms with Gasteiger partial charge in [-0.2, -0.15) is 0 Å². The van der Waals surface area contributed by atoms with E-state index in [0.717, 1.165) is 25.8 Å². The van der Waals surface area contributed by atoms with Crippen molar-refractivity contribution in [2.75, 3.05) is 46.2 Å². The number of carbonyl (C=O) groups is 1. The van der Waals surface area contributed by atoms with Gasteiger partial charge in [0.2, 0.25) is 15.9 Å². The Morgan fingerprint density at radius 2 is 1.90 bits per heavy atom. The van der Waals surface area contributed by atoms with Gasteiger partial charge in [0.1, 0.15) is 0 Å². The lowest BCUT2D eigenvalue weighted by atomic mass is 9.79.